The van der Waals surface area contributed by atoms with Crippen LogP contribution in [0.15, 0.2) is 42.5 Å². The Hall–Kier alpha value is -3.06. The first-order chi connectivity index (χ1) is 13.9. The maximum absolute atomic E-state index is 12.5. The summed E-state index contributed by atoms with van der Waals surface area (Å²) < 4.78 is 10.5. The van der Waals surface area contributed by atoms with Crippen LogP contribution >= 0.6 is 11.6 Å². The van der Waals surface area contributed by atoms with Gasteiger partial charge in [-0.15, -0.1) is 0 Å². The largest absolute Gasteiger partial charge is 0.495 e. The first-order valence-electron chi connectivity index (χ1n) is 9.15. The number of esters is 1. The number of halogens is 1. The molecule has 0 unspecified atom stereocenters. The van der Waals surface area contributed by atoms with Crippen LogP contribution < -0.4 is 15.0 Å². The Morgan fingerprint density at radius 3 is 2.69 bits per heavy atom. The molecule has 0 aromatic heterocycles. The van der Waals surface area contributed by atoms with Crippen molar-refractivity contribution in [1.82, 2.24) is 0 Å². The smallest absolute Gasteiger partial charge is 0.338 e. The maximum Gasteiger partial charge on any atom is 0.338 e. The molecule has 3 rings (SSSR count). The van der Waals surface area contributed by atoms with Crippen LogP contribution in [-0.4, -0.2) is 37.5 Å². The summed E-state index contributed by atoms with van der Waals surface area (Å²) in [6, 6.07) is 11.4. The SMILES string of the molecule is COc1ccc(Cl)cc1NC(=O)[C@H](C)OC(=O)c1cccc(N2CCCC2=O)c1. The number of benzene rings is 2. The highest BCUT2D eigenvalue weighted by Gasteiger charge is 2.24. The Kier molecular flexibility index (Phi) is 6.39. The van der Waals surface area contributed by atoms with Crippen LogP contribution in [0.2, 0.25) is 5.02 Å². The van der Waals surface area contributed by atoms with Crippen molar-refractivity contribution in [3.8, 4) is 5.75 Å². The Balaban J connectivity index is 1.67. The van der Waals surface area contributed by atoms with E-state index in [2.05, 4.69) is 5.32 Å². The minimum absolute atomic E-state index is 0.0266. The second-order valence-corrected chi connectivity index (χ2v) is 7.02. The predicted octanol–water partition coefficient (Wildman–Crippen LogP) is 3.66. The minimum atomic E-state index is -1.05. The third-order valence-electron chi connectivity index (χ3n) is 4.54. The standard InChI is InChI=1S/C21H21ClN2O5/c1-13(20(26)23-17-12-15(22)8-9-18(17)28-2)29-21(27)14-5-3-6-16(11-14)24-10-4-7-19(24)25/h3,5-6,8-9,11-13H,4,7,10H2,1-2H3,(H,23,26)/t13-/m0/s1. The summed E-state index contributed by atoms with van der Waals surface area (Å²) in [5.41, 5.74) is 1.28. The summed E-state index contributed by atoms with van der Waals surface area (Å²) in [5.74, 6) is -0.716. The van der Waals surface area contributed by atoms with Crippen LogP contribution in [0.25, 0.3) is 0 Å². The van der Waals surface area contributed by atoms with Crippen molar-refractivity contribution in [2.75, 3.05) is 23.9 Å². The van der Waals surface area contributed by atoms with Gasteiger partial charge < -0.3 is 19.7 Å². The van der Waals surface area contributed by atoms with E-state index in [0.717, 1.165) is 6.42 Å². The fourth-order valence-electron chi connectivity index (χ4n) is 3.02. The number of hydrogen-bond donors (Lipinski definition) is 1. The zero-order chi connectivity index (χ0) is 21.0. The molecule has 2 amide bonds. The first kappa shape index (κ1) is 20.7. The van der Waals surface area contributed by atoms with Crippen molar-refractivity contribution in [2.45, 2.75) is 25.9 Å². The van der Waals surface area contributed by atoms with Crippen LogP contribution in [0.3, 0.4) is 0 Å². The Labute approximate surface area is 173 Å². The summed E-state index contributed by atoms with van der Waals surface area (Å²) in [6.45, 7) is 2.09. The van der Waals surface area contributed by atoms with Crippen molar-refractivity contribution in [2.24, 2.45) is 0 Å². The van der Waals surface area contributed by atoms with Crippen LogP contribution in [-0.2, 0) is 14.3 Å². The normalized spacial score (nSPS) is 14.4. The molecule has 8 heteroatoms. The quantitative estimate of drug-likeness (QED) is 0.726. The summed E-state index contributed by atoms with van der Waals surface area (Å²) in [4.78, 5) is 38.5. The number of rotatable bonds is 6. The zero-order valence-electron chi connectivity index (χ0n) is 16.1. The van der Waals surface area contributed by atoms with Gasteiger partial charge in [-0.3, -0.25) is 9.59 Å². The molecule has 1 heterocycles. The maximum atomic E-state index is 12.5. The molecule has 2 aromatic carbocycles. The first-order valence-corrected chi connectivity index (χ1v) is 9.52. The Morgan fingerprint density at radius 1 is 1.21 bits per heavy atom. The van der Waals surface area contributed by atoms with Gasteiger partial charge in [0.15, 0.2) is 6.10 Å². The lowest BCUT2D eigenvalue weighted by Crippen LogP contribution is -2.30. The molecule has 0 saturated carbocycles. The van der Waals surface area contributed by atoms with Crippen molar-refractivity contribution < 1.29 is 23.9 Å². The number of nitrogens with one attached hydrogen (secondary N) is 1. The zero-order valence-corrected chi connectivity index (χ0v) is 16.9. The fourth-order valence-corrected chi connectivity index (χ4v) is 3.19. The number of anilines is 2. The molecule has 152 valence electrons. The topological polar surface area (TPSA) is 84.9 Å². The van der Waals surface area contributed by atoms with Crippen molar-refractivity contribution in [3.05, 3.63) is 53.1 Å². The summed E-state index contributed by atoms with van der Waals surface area (Å²) in [6.07, 6.45) is 0.236. The van der Waals surface area contributed by atoms with Crippen LogP contribution in [0.1, 0.15) is 30.1 Å². The molecule has 1 atom stereocenters. The highest BCUT2D eigenvalue weighted by atomic mass is 35.5. The molecule has 2 aromatic rings. The molecule has 0 aliphatic carbocycles. The third-order valence-corrected chi connectivity index (χ3v) is 4.77. The van der Waals surface area contributed by atoms with E-state index in [1.165, 1.54) is 14.0 Å². The van der Waals surface area contributed by atoms with E-state index < -0.39 is 18.0 Å². The lowest BCUT2D eigenvalue weighted by molar-refractivity contribution is -0.123. The Morgan fingerprint density at radius 2 is 2.00 bits per heavy atom. The van der Waals surface area contributed by atoms with E-state index in [9.17, 15) is 14.4 Å². The van der Waals surface area contributed by atoms with E-state index in [1.54, 1.807) is 47.4 Å². The van der Waals surface area contributed by atoms with Crippen LogP contribution in [0.5, 0.6) is 5.75 Å². The Bertz CT molecular complexity index is 946. The second kappa shape index (κ2) is 8.96. The molecular weight excluding hydrogens is 396 g/mol. The average Bonchev–Trinajstić information content (AvgIpc) is 3.14. The van der Waals surface area contributed by atoms with Gasteiger partial charge in [0.2, 0.25) is 5.91 Å². The van der Waals surface area contributed by atoms with Crippen LogP contribution in [0.4, 0.5) is 11.4 Å². The third kappa shape index (κ3) is 4.86. The number of carbonyl (C=O) groups excluding carboxylic acids is 3. The fraction of sp³-hybridized carbons (Fsp3) is 0.286. The van der Waals surface area contributed by atoms with Gasteiger partial charge in [0.1, 0.15) is 5.75 Å². The van der Waals surface area contributed by atoms with E-state index in [4.69, 9.17) is 21.1 Å². The van der Waals surface area contributed by atoms with E-state index in [0.29, 0.717) is 35.1 Å². The average molecular weight is 417 g/mol. The van der Waals surface area contributed by atoms with Gasteiger partial charge >= 0.3 is 5.97 Å². The van der Waals surface area contributed by atoms with Crippen molar-refractivity contribution >= 4 is 40.8 Å². The molecule has 0 spiro atoms. The number of methoxy groups -OCH3 is 1. The number of nitrogens with zero attached hydrogens (tertiary/aromatic N) is 1. The van der Waals surface area contributed by atoms with Crippen molar-refractivity contribution in [1.29, 1.82) is 0 Å². The summed E-state index contributed by atoms with van der Waals surface area (Å²) in [5, 5.41) is 3.07. The van der Waals surface area contributed by atoms with Crippen LogP contribution in [0, 0.1) is 0 Å². The van der Waals surface area contributed by atoms with Gasteiger partial charge in [-0.1, -0.05) is 17.7 Å². The molecular formula is C21H21ClN2O5. The predicted molar refractivity (Wildman–Crippen MR) is 110 cm³/mol. The molecule has 0 radical (unpaired) electrons. The van der Waals surface area contributed by atoms with Crippen molar-refractivity contribution in [3.63, 3.8) is 0 Å². The number of ether oxygens (including phenoxy) is 2. The molecule has 0 bridgehead atoms. The van der Waals surface area contributed by atoms with Gasteiger partial charge in [0.25, 0.3) is 5.91 Å². The van der Waals surface area contributed by atoms with Gasteiger partial charge in [0, 0.05) is 23.7 Å². The molecule has 1 N–H and O–H groups in total. The summed E-state index contributed by atoms with van der Waals surface area (Å²) in [7, 11) is 1.47. The summed E-state index contributed by atoms with van der Waals surface area (Å²) >= 11 is 5.96. The van der Waals surface area contributed by atoms with Gasteiger partial charge in [-0.2, -0.15) is 0 Å². The molecule has 1 saturated heterocycles. The van der Waals surface area contributed by atoms with E-state index in [1.807, 2.05) is 0 Å². The van der Waals surface area contributed by atoms with Gasteiger partial charge in [0.05, 0.1) is 18.4 Å². The minimum Gasteiger partial charge on any atom is -0.495 e. The molecule has 1 aliphatic rings. The highest BCUT2D eigenvalue weighted by molar-refractivity contribution is 6.31. The highest BCUT2D eigenvalue weighted by Crippen LogP contribution is 2.28. The lowest BCUT2D eigenvalue weighted by Gasteiger charge is -2.18. The molecule has 29 heavy (non-hydrogen) atoms. The lowest BCUT2D eigenvalue weighted by atomic mass is 10.2. The van der Waals surface area contributed by atoms with E-state index >= 15 is 0 Å². The molecule has 1 fully saturated rings. The second-order valence-electron chi connectivity index (χ2n) is 6.58. The molecule has 1 aliphatic heterocycles. The van der Waals surface area contributed by atoms with Gasteiger partial charge in [-0.05, 0) is 49.7 Å². The number of hydrogen-bond acceptors (Lipinski definition) is 5. The van der Waals surface area contributed by atoms with Gasteiger partial charge in [-0.25, -0.2) is 4.79 Å². The molecule has 7 nitrogen and oxygen atoms in total. The number of carbonyl (C=O) groups is 3. The monoisotopic (exact) mass is 416 g/mol. The van der Waals surface area contributed by atoms with E-state index in [-0.39, 0.29) is 11.5 Å². The number of amides is 2.